The molecule has 0 bridgehead atoms. The zero-order valence-electron chi connectivity index (χ0n) is 16.6. The summed E-state index contributed by atoms with van der Waals surface area (Å²) in [5.41, 5.74) is 2.21. The second-order valence-corrected chi connectivity index (χ2v) is 9.05. The van der Waals surface area contributed by atoms with E-state index in [2.05, 4.69) is 20.2 Å². The molecule has 0 aliphatic carbocycles. The lowest BCUT2D eigenvalue weighted by Gasteiger charge is -2.37. The van der Waals surface area contributed by atoms with E-state index >= 15 is 0 Å². The van der Waals surface area contributed by atoms with Gasteiger partial charge in [0.25, 0.3) is 0 Å². The van der Waals surface area contributed by atoms with Gasteiger partial charge in [-0.3, -0.25) is 4.79 Å². The highest BCUT2D eigenvalue weighted by molar-refractivity contribution is 7.17. The number of rotatable bonds is 3. The molecule has 30 heavy (non-hydrogen) atoms. The molecule has 5 rings (SSSR count). The molecule has 1 unspecified atom stereocenters. The third-order valence-corrected chi connectivity index (χ3v) is 7.04. The summed E-state index contributed by atoms with van der Waals surface area (Å²) in [4.78, 5) is 27.4. The van der Waals surface area contributed by atoms with Crippen molar-refractivity contribution in [3.63, 3.8) is 0 Å². The summed E-state index contributed by atoms with van der Waals surface area (Å²) in [5, 5.41) is 3.91. The molecule has 1 amide bonds. The van der Waals surface area contributed by atoms with Crippen molar-refractivity contribution < 1.29 is 9.53 Å². The molecule has 1 atom stereocenters. The highest BCUT2D eigenvalue weighted by Crippen LogP contribution is 2.39. The topological polar surface area (TPSA) is 58.6 Å². The van der Waals surface area contributed by atoms with Crippen LogP contribution in [0.1, 0.15) is 12.8 Å². The van der Waals surface area contributed by atoms with Gasteiger partial charge in [-0.2, -0.15) is 0 Å². The maximum atomic E-state index is 13.1. The average Bonchev–Trinajstić information content (AvgIpc) is 3.24. The molecule has 156 valence electrons. The van der Waals surface area contributed by atoms with Gasteiger partial charge in [0.2, 0.25) is 5.91 Å². The van der Waals surface area contributed by atoms with E-state index in [1.54, 1.807) is 17.7 Å². The van der Waals surface area contributed by atoms with Crippen LogP contribution >= 0.6 is 22.9 Å². The molecule has 3 aromatic rings. The van der Waals surface area contributed by atoms with E-state index in [1.807, 2.05) is 29.2 Å². The Morgan fingerprint density at radius 1 is 1.13 bits per heavy atom. The van der Waals surface area contributed by atoms with E-state index in [4.69, 9.17) is 16.3 Å². The molecule has 4 heterocycles. The van der Waals surface area contributed by atoms with Crippen LogP contribution in [-0.2, 0) is 9.53 Å². The van der Waals surface area contributed by atoms with Gasteiger partial charge in [-0.25, -0.2) is 9.97 Å². The molecule has 6 nitrogen and oxygen atoms in total. The third-order valence-electron chi connectivity index (χ3n) is 5.90. The first-order chi connectivity index (χ1) is 14.7. The number of aromatic nitrogens is 2. The summed E-state index contributed by atoms with van der Waals surface area (Å²) in [6.07, 6.45) is 3.54. The van der Waals surface area contributed by atoms with Crippen LogP contribution in [0.5, 0.6) is 0 Å². The number of hydrogen-bond donors (Lipinski definition) is 0. The van der Waals surface area contributed by atoms with Crippen molar-refractivity contribution in [3.8, 4) is 11.1 Å². The highest BCUT2D eigenvalue weighted by atomic mass is 35.5. The number of hydrogen-bond acceptors (Lipinski definition) is 6. The lowest BCUT2D eigenvalue weighted by molar-refractivity contribution is -0.139. The normalized spacial score (nSPS) is 20.0. The maximum absolute atomic E-state index is 13.1. The van der Waals surface area contributed by atoms with Crippen LogP contribution in [0.2, 0.25) is 5.02 Å². The van der Waals surface area contributed by atoms with Crippen molar-refractivity contribution in [2.75, 3.05) is 44.3 Å². The summed E-state index contributed by atoms with van der Waals surface area (Å²) in [6.45, 7) is 4.24. The zero-order valence-corrected chi connectivity index (χ0v) is 18.2. The molecule has 2 aliphatic heterocycles. The van der Waals surface area contributed by atoms with Gasteiger partial charge < -0.3 is 14.5 Å². The highest BCUT2D eigenvalue weighted by Gasteiger charge is 2.31. The number of anilines is 1. The number of benzene rings is 1. The first-order valence-electron chi connectivity index (χ1n) is 10.3. The van der Waals surface area contributed by atoms with Crippen LogP contribution < -0.4 is 4.90 Å². The summed E-state index contributed by atoms with van der Waals surface area (Å²) in [7, 11) is 0. The van der Waals surface area contributed by atoms with E-state index in [0.29, 0.717) is 32.8 Å². The molecule has 8 heteroatoms. The number of fused-ring (bicyclic) bond motifs is 1. The molecule has 2 aromatic heterocycles. The van der Waals surface area contributed by atoms with Crippen LogP contribution in [-0.4, -0.2) is 60.2 Å². The molecule has 0 saturated carbocycles. The SMILES string of the molecule is O=C(C1CCCN(c2ncnc3scc(-c4ccc(Cl)cc4)c23)C1)N1CCOCC1. The van der Waals surface area contributed by atoms with Crippen molar-refractivity contribution in [3.05, 3.63) is 41.0 Å². The van der Waals surface area contributed by atoms with E-state index in [1.165, 1.54) is 0 Å². The second-order valence-electron chi connectivity index (χ2n) is 7.76. The minimum Gasteiger partial charge on any atom is -0.378 e. The predicted molar refractivity (Wildman–Crippen MR) is 120 cm³/mol. The average molecular weight is 443 g/mol. The number of morpholine rings is 1. The standard InChI is InChI=1S/C22H23ClN4O2S/c23-17-5-3-15(4-6-17)18-13-30-21-19(18)20(24-14-25-21)27-7-1-2-16(12-27)22(28)26-8-10-29-11-9-26/h3-6,13-14,16H,1-2,7-12H2. The number of amides is 1. The summed E-state index contributed by atoms with van der Waals surface area (Å²) in [6, 6.07) is 7.87. The van der Waals surface area contributed by atoms with Gasteiger partial charge in [0.05, 0.1) is 24.5 Å². The minimum absolute atomic E-state index is 0.000479. The second kappa shape index (κ2) is 8.49. The first-order valence-corrected chi connectivity index (χ1v) is 11.6. The molecule has 0 N–H and O–H groups in total. The van der Waals surface area contributed by atoms with E-state index in [-0.39, 0.29) is 11.8 Å². The van der Waals surface area contributed by atoms with Crippen LogP contribution in [0.3, 0.4) is 0 Å². The van der Waals surface area contributed by atoms with Crippen LogP contribution in [0.4, 0.5) is 5.82 Å². The fraction of sp³-hybridized carbons (Fsp3) is 0.409. The Labute approximate surface area is 184 Å². The van der Waals surface area contributed by atoms with E-state index in [9.17, 15) is 4.79 Å². The number of nitrogens with zero attached hydrogens (tertiary/aromatic N) is 4. The number of thiophene rings is 1. The quantitative estimate of drug-likeness (QED) is 0.611. The number of carbonyl (C=O) groups excluding carboxylic acids is 1. The third kappa shape index (κ3) is 3.77. The van der Waals surface area contributed by atoms with Crippen LogP contribution in [0.25, 0.3) is 21.3 Å². The van der Waals surface area contributed by atoms with Gasteiger partial charge in [0.15, 0.2) is 0 Å². The molecule has 0 radical (unpaired) electrons. The summed E-state index contributed by atoms with van der Waals surface area (Å²) in [5.74, 6) is 1.17. The zero-order chi connectivity index (χ0) is 20.5. The predicted octanol–water partition coefficient (Wildman–Crippen LogP) is 4.09. The largest absolute Gasteiger partial charge is 0.378 e. The van der Waals surface area contributed by atoms with Gasteiger partial charge in [-0.05, 0) is 30.5 Å². The van der Waals surface area contributed by atoms with Crippen molar-refractivity contribution >= 4 is 44.9 Å². The molecule has 2 saturated heterocycles. The Hall–Kier alpha value is -2.22. The minimum atomic E-state index is -0.000479. The monoisotopic (exact) mass is 442 g/mol. The van der Waals surface area contributed by atoms with Crippen LogP contribution in [0, 0.1) is 5.92 Å². The Kier molecular flexibility index (Phi) is 5.58. The molecule has 0 spiro atoms. The fourth-order valence-corrected chi connectivity index (χ4v) is 5.39. The van der Waals surface area contributed by atoms with Crippen molar-refractivity contribution in [2.45, 2.75) is 12.8 Å². The van der Waals surface area contributed by atoms with E-state index < -0.39 is 0 Å². The lowest BCUT2D eigenvalue weighted by atomic mass is 9.95. The Balaban J connectivity index is 1.46. The fourth-order valence-electron chi connectivity index (χ4n) is 4.35. The molecule has 2 aliphatic rings. The van der Waals surface area contributed by atoms with Gasteiger partial charge >= 0.3 is 0 Å². The molecule has 2 fully saturated rings. The van der Waals surface area contributed by atoms with Crippen molar-refractivity contribution in [1.29, 1.82) is 0 Å². The Morgan fingerprint density at radius 2 is 1.93 bits per heavy atom. The van der Waals surface area contributed by atoms with Gasteiger partial charge in [-0.1, -0.05) is 23.7 Å². The summed E-state index contributed by atoms with van der Waals surface area (Å²) >= 11 is 7.70. The lowest BCUT2D eigenvalue weighted by Crippen LogP contribution is -2.48. The smallest absolute Gasteiger partial charge is 0.227 e. The molecule has 1 aromatic carbocycles. The Bertz CT molecular complexity index is 1050. The molecular weight excluding hydrogens is 420 g/mol. The Morgan fingerprint density at radius 3 is 2.73 bits per heavy atom. The first kappa shape index (κ1) is 19.7. The van der Waals surface area contributed by atoms with Crippen molar-refractivity contribution in [2.24, 2.45) is 5.92 Å². The maximum Gasteiger partial charge on any atom is 0.227 e. The van der Waals surface area contributed by atoms with E-state index in [0.717, 1.165) is 51.6 Å². The van der Waals surface area contributed by atoms with Crippen molar-refractivity contribution in [1.82, 2.24) is 14.9 Å². The molecular formula is C22H23ClN4O2S. The summed E-state index contributed by atoms with van der Waals surface area (Å²) < 4.78 is 5.40. The number of carbonyl (C=O) groups is 1. The van der Waals surface area contributed by atoms with Crippen LogP contribution in [0.15, 0.2) is 36.0 Å². The number of piperidine rings is 1. The van der Waals surface area contributed by atoms with Gasteiger partial charge in [-0.15, -0.1) is 11.3 Å². The number of halogens is 1. The number of ether oxygens (including phenoxy) is 1. The van der Waals surface area contributed by atoms with Gasteiger partial charge in [0.1, 0.15) is 17.0 Å². The van der Waals surface area contributed by atoms with Gasteiger partial charge in [0, 0.05) is 42.1 Å².